The summed E-state index contributed by atoms with van der Waals surface area (Å²) in [5.41, 5.74) is -0.316. The van der Waals surface area contributed by atoms with E-state index in [1.165, 1.54) is 0 Å². The maximum atomic E-state index is 12.4. The predicted molar refractivity (Wildman–Crippen MR) is 58.8 cm³/mol. The normalized spacial score (nSPS) is 39.3. The molecule has 0 spiro atoms. The molecule has 16 heavy (non-hydrogen) atoms. The van der Waals surface area contributed by atoms with Crippen molar-refractivity contribution in [3.63, 3.8) is 0 Å². The second kappa shape index (κ2) is 4.31. The summed E-state index contributed by atoms with van der Waals surface area (Å²) in [6.07, 6.45) is 0.0893. The fourth-order valence-corrected chi connectivity index (χ4v) is 2.65. The van der Waals surface area contributed by atoms with Gasteiger partial charge in [0.05, 0.1) is 17.6 Å². The summed E-state index contributed by atoms with van der Waals surface area (Å²) < 4.78 is 0. The number of carbonyl (C=O) groups is 1. The van der Waals surface area contributed by atoms with Crippen LogP contribution < -0.4 is 5.32 Å². The van der Waals surface area contributed by atoms with Crippen LogP contribution in [0.4, 0.5) is 0 Å². The molecule has 92 valence electrons. The first kappa shape index (κ1) is 11.8. The van der Waals surface area contributed by atoms with Crippen molar-refractivity contribution in [3.05, 3.63) is 0 Å². The van der Waals surface area contributed by atoms with Crippen LogP contribution in [0.25, 0.3) is 0 Å². The number of rotatable bonds is 2. The molecule has 0 bridgehead atoms. The van der Waals surface area contributed by atoms with Crippen molar-refractivity contribution < 1.29 is 15.0 Å². The van der Waals surface area contributed by atoms with Crippen molar-refractivity contribution >= 4 is 5.91 Å². The lowest BCUT2D eigenvalue weighted by Gasteiger charge is -2.30. The topological polar surface area (TPSA) is 72.8 Å². The van der Waals surface area contributed by atoms with Crippen LogP contribution in [0.15, 0.2) is 0 Å². The van der Waals surface area contributed by atoms with Gasteiger partial charge in [0, 0.05) is 19.6 Å². The molecule has 1 amide bonds. The molecule has 2 fully saturated rings. The number of likely N-dealkylation sites (tertiary alicyclic amines) is 1. The Balaban J connectivity index is 2.07. The van der Waals surface area contributed by atoms with Crippen molar-refractivity contribution in [2.24, 2.45) is 5.41 Å². The minimum atomic E-state index is -0.785. The number of carbonyl (C=O) groups excluding carboxylic acids is 1. The summed E-state index contributed by atoms with van der Waals surface area (Å²) in [4.78, 5) is 14.0. The Kier molecular flexibility index (Phi) is 3.19. The van der Waals surface area contributed by atoms with E-state index < -0.39 is 12.2 Å². The Labute approximate surface area is 95.4 Å². The molecule has 1 unspecified atom stereocenters. The molecule has 2 saturated heterocycles. The van der Waals surface area contributed by atoms with Crippen LogP contribution in [-0.4, -0.2) is 59.4 Å². The van der Waals surface area contributed by atoms with Crippen molar-refractivity contribution in [2.75, 3.05) is 26.2 Å². The van der Waals surface area contributed by atoms with E-state index in [1.54, 1.807) is 4.90 Å². The summed E-state index contributed by atoms with van der Waals surface area (Å²) in [7, 11) is 0. The molecule has 2 rings (SSSR count). The van der Waals surface area contributed by atoms with E-state index in [9.17, 15) is 15.0 Å². The minimum absolute atomic E-state index is 0.0793. The third-order valence-electron chi connectivity index (χ3n) is 3.92. The van der Waals surface area contributed by atoms with Gasteiger partial charge in [0.1, 0.15) is 0 Å². The summed E-state index contributed by atoms with van der Waals surface area (Å²) in [6, 6.07) is 0. The standard InChI is InChI=1S/C11H20N2O3/c1-2-11(3-4-12-7-11)10(16)13-5-8(14)9(15)6-13/h8-9,12,14-15H,2-7H2,1H3/t8-,9+,11?. The van der Waals surface area contributed by atoms with E-state index in [0.29, 0.717) is 6.54 Å². The van der Waals surface area contributed by atoms with Crippen LogP contribution in [0.3, 0.4) is 0 Å². The van der Waals surface area contributed by atoms with Gasteiger partial charge in [-0.05, 0) is 19.4 Å². The molecule has 5 nitrogen and oxygen atoms in total. The van der Waals surface area contributed by atoms with E-state index in [-0.39, 0.29) is 24.4 Å². The number of aliphatic hydroxyl groups excluding tert-OH is 2. The third-order valence-corrected chi connectivity index (χ3v) is 3.92. The van der Waals surface area contributed by atoms with Crippen LogP contribution in [0.1, 0.15) is 19.8 Å². The first-order valence-corrected chi connectivity index (χ1v) is 5.95. The summed E-state index contributed by atoms with van der Waals surface area (Å²) in [6.45, 7) is 4.14. The molecule has 0 radical (unpaired) electrons. The molecule has 5 heteroatoms. The minimum Gasteiger partial charge on any atom is -0.388 e. The Bertz CT molecular complexity index is 266. The number of nitrogens with zero attached hydrogens (tertiary/aromatic N) is 1. The van der Waals surface area contributed by atoms with Gasteiger partial charge in [-0.2, -0.15) is 0 Å². The Morgan fingerprint density at radius 3 is 2.50 bits per heavy atom. The van der Waals surface area contributed by atoms with Crippen molar-refractivity contribution in [1.29, 1.82) is 0 Å². The number of hydrogen-bond donors (Lipinski definition) is 3. The van der Waals surface area contributed by atoms with Crippen molar-refractivity contribution in [3.8, 4) is 0 Å². The maximum Gasteiger partial charge on any atom is 0.230 e. The van der Waals surface area contributed by atoms with Crippen LogP contribution in [0, 0.1) is 5.41 Å². The number of nitrogens with one attached hydrogen (secondary N) is 1. The predicted octanol–water partition coefficient (Wildman–Crippen LogP) is -1.06. The zero-order valence-corrected chi connectivity index (χ0v) is 9.65. The largest absolute Gasteiger partial charge is 0.388 e. The monoisotopic (exact) mass is 228 g/mol. The van der Waals surface area contributed by atoms with Gasteiger partial charge >= 0.3 is 0 Å². The van der Waals surface area contributed by atoms with E-state index in [4.69, 9.17) is 0 Å². The lowest BCUT2D eigenvalue weighted by Crippen LogP contribution is -2.44. The Hall–Kier alpha value is -0.650. The Morgan fingerprint density at radius 2 is 2.06 bits per heavy atom. The highest BCUT2D eigenvalue weighted by molar-refractivity contribution is 5.83. The highest BCUT2D eigenvalue weighted by Gasteiger charge is 2.45. The highest BCUT2D eigenvalue weighted by atomic mass is 16.3. The molecule has 2 heterocycles. The van der Waals surface area contributed by atoms with Crippen molar-refractivity contribution in [2.45, 2.75) is 32.0 Å². The number of aliphatic hydroxyl groups is 2. The number of hydrogen-bond acceptors (Lipinski definition) is 4. The lowest BCUT2D eigenvalue weighted by atomic mass is 9.83. The molecule has 2 aliphatic heterocycles. The quantitative estimate of drug-likeness (QED) is 0.563. The molecule has 0 aliphatic carbocycles. The second-order valence-electron chi connectivity index (χ2n) is 4.91. The number of β-amino-alcohol motifs (C(OH)–C–C–N with tert-alkyl or cyclic N) is 2. The van der Waals surface area contributed by atoms with Gasteiger partial charge in [-0.3, -0.25) is 4.79 Å². The smallest absolute Gasteiger partial charge is 0.230 e. The van der Waals surface area contributed by atoms with Crippen LogP contribution in [-0.2, 0) is 4.79 Å². The Morgan fingerprint density at radius 1 is 1.44 bits per heavy atom. The van der Waals surface area contributed by atoms with Gasteiger partial charge in [-0.15, -0.1) is 0 Å². The second-order valence-corrected chi connectivity index (χ2v) is 4.91. The van der Waals surface area contributed by atoms with Gasteiger partial charge in [0.15, 0.2) is 0 Å². The van der Waals surface area contributed by atoms with E-state index >= 15 is 0 Å². The fraction of sp³-hybridized carbons (Fsp3) is 0.909. The molecule has 3 atom stereocenters. The zero-order chi connectivity index (χ0) is 11.8. The third kappa shape index (κ3) is 1.83. The lowest BCUT2D eigenvalue weighted by molar-refractivity contribution is -0.140. The molecule has 0 aromatic rings. The molecular formula is C11H20N2O3. The summed E-state index contributed by atoms with van der Waals surface area (Å²) in [5.74, 6) is 0.0793. The van der Waals surface area contributed by atoms with E-state index in [2.05, 4.69) is 5.32 Å². The summed E-state index contributed by atoms with van der Waals surface area (Å²) >= 11 is 0. The fourth-order valence-electron chi connectivity index (χ4n) is 2.65. The van der Waals surface area contributed by atoms with Crippen LogP contribution in [0.2, 0.25) is 0 Å². The number of amides is 1. The average Bonchev–Trinajstić information content (AvgIpc) is 2.87. The molecule has 0 aromatic carbocycles. The first-order chi connectivity index (χ1) is 7.59. The van der Waals surface area contributed by atoms with Gasteiger partial charge in [0.2, 0.25) is 5.91 Å². The maximum absolute atomic E-state index is 12.4. The van der Waals surface area contributed by atoms with Gasteiger partial charge in [0.25, 0.3) is 0 Å². The average molecular weight is 228 g/mol. The van der Waals surface area contributed by atoms with E-state index in [0.717, 1.165) is 19.4 Å². The summed E-state index contributed by atoms with van der Waals surface area (Å²) in [5, 5.41) is 22.1. The van der Waals surface area contributed by atoms with Gasteiger partial charge < -0.3 is 20.4 Å². The molecular weight excluding hydrogens is 208 g/mol. The van der Waals surface area contributed by atoms with Gasteiger partial charge in [-0.25, -0.2) is 0 Å². The molecule has 0 saturated carbocycles. The molecule has 0 aromatic heterocycles. The molecule has 3 N–H and O–H groups in total. The zero-order valence-electron chi connectivity index (χ0n) is 9.65. The highest BCUT2D eigenvalue weighted by Crippen LogP contribution is 2.32. The van der Waals surface area contributed by atoms with Crippen LogP contribution >= 0.6 is 0 Å². The van der Waals surface area contributed by atoms with Crippen molar-refractivity contribution in [1.82, 2.24) is 10.2 Å². The van der Waals surface area contributed by atoms with Crippen LogP contribution in [0.5, 0.6) is 0 Å². The molecule has 2 aliphatic rings. The SMILES string of the molecule is CCC1(C(=O)N2C[C@@H](O)[C@@H](O)C2)CCNC1. The van der Waals surface area contributed by atoms with E-state index in [1.807, 2.05) is 6.92 Å². The first-order valence-electron chi connectivity index (χ1n) is 5.95. The van der Waals surface area contributed by atoms with Gasteiger partial charge in [-0.1, -0.05) is 6.92 Å².